The number of esters is 1. The van der Waals surface area contributed by atoms with E-state index in [9.17, 15) is 14.0 Å². The van der Waals surface area contributed by atoms with Gasteiger partial charge in [-0.25, -0.2) is 14.2 Å². The quantitative estimate of drug-likeness (QED) is 0.707. The minimum Gasteiger partial charge on any atom is -0.462 e. The number of hydrogen-bond donors (Lipinski definition) is 1. The van der Waals surface area contributed by atoms with E-state index in [4.69, 9.17) is 4.74 Å². The van der Waals surface area contributed by atoms with Crippen LogP contribution in [0.25, 0.3) is 10.9 Å². The van der Waals surface area contributed by atoms with E-state index < -0.39 is 5.97 Å². The van der Waals surface area contributed by atoms with Gasteiger partial charge in [-0.2, -0.15) is 0 Å². The van der Waals surface area contributed by atoms with E-state index in [1.54, 1.807) is 36.7 Å². The van der Waals surface area contributed by atoms with Crippen LogP contribution >= 0.6 is 11.3 Å². The van der Waals surface area contributed by atoms with Crippen molar-refractivity contribution < 1.29 is 18.7 Å². The Labute approximate surface area is 147 Å². The van der Waals surface area contributed by atoms with E-state index in [1.165, 1.54) is 12.1 Å². The molecule has 3 rings (SSSR count). The van der Waals surface area contributed by atoms with Gasteiger partial charge in [0.25, 0.3) is 0 Å². The van der Waals surface area contributed by atoms with Crippen molar-refractivity contribution in [3.8, 4) is 0 Å². The van der Waals surface area contributed by atoms with Gasteiger partial charge in [0, 0.05) is 17.1 Å². The highest BCUT2D eigenvalue weighted by Gasteiger charge is 2.17. The second-order valence-electron chi connectivity index (χ2n) is 5.35. The molecule has 6 nitrogen and oxygen atoms in total. The van der Waals surface area contributed by atoms with E-state index in [-0.39, 0.29) is 24.9 Å². The number of rotatable bonds is 5. The van der Waals surface area contributed by atoms with Gasteiger partial charge in [-0.1, -0.05) is 11.3 Å². The average molecular weight is 361 g/mol. The fraction of sp³-hybridized carbons (Fsp3) is 0.235. The molecule has 3 aromatic rings. The van der Waals surface area contributed by atoms with Gasteiger partial charge >= 0.3 is 5.97 Å². The normalized spacial score (nSPS) is 10.8. The molecule has 0 saturated heterocycles. The monoisotopic (exact) mass is 361 g/mol. The Morgan fingerprint density at radius 1 is 1.36 bits per heavy atom. The number of hydrogen-bond acceptors (Lipinski definition) is 5. The molecule has 0 unspecified atom stereocenters. The second-order valence-corrected chi connectivity index (χ2v) is 6.35. The Kier molecular flexibility index (Phi) is 4.80. The number of aromatic nitrogens is 2. The van der Waals surface area contributed by atoms with Gasteiger partial charge in [-0.05, 0) is 38.1 Å². The van der Waals surface area contributed by atoms with Crippen molar-refractivity contribution in [2.24, 2.45) is 0 Å². The fourth-order valence-electron chi connectivity index (χ4n) is 2.46. The summed E-state index contributed by atoms with van der Waals surface area (Å²) < 4.78 is 19.9. The molecule has 1 amide bonds. The summed E-state index contributed by atoms with van der Waals surface area (Å²) in [6.45, 7) is 3.75. The Hall–Kier alpha value is -2.74. The number of aryl methyl sites for hydroxylation is 1. The standard InChI is InChI=1S/C17H16FN3O3S/c1-3-24-16(23)15-10(2)19-17(25-15)20-14(22)9-21-7-6-11-8-12(18)4-5-13(11)21/h4-8H,3,9H2,1-2H3,(H,19,20,22). The van der Waals surface area contributed by atoms with Crippen molar-refractivity contribution in [2.75, 3.05) is 11.9 Å². The van der Waals surface area contributed by atoms with Crippen molar-refractivity contribution in [1.82, 2.24) is 9.55 Å². The lowest BCUT2D eigenvalue weighted by Gasteiger charge is -2.05. The maximum Gasteiger partial charge on any atom is 0.350 e. The smallest absolute Gasteiger partial charge is 0.350 e. The number of benzene rings is 1. The van der Waals surface area contributed by atoms with Crippen LogP contribution in [0.2, 0.25) is 0 Å². The van der Waals surface area contributed by atoms with E-state index >= 15 is 0 Å². The van der Waals surface area contributed by atoms with Gasteiger partial charge in [0.2, 0.25) is 5.91 Å². The first kappa shape index (κ1) is 17.1. The van der Waals surface area contributed by atoms with Gasteiger partial charge in [-0.3, -0.25) is 4.79 Å². The third kappa shape index (κ3) is 3.69. The predicted octanol–water partition coefficient (Wildman–Crippen LogP) is 3.36. The molecule has 0 aliphatic rings. The van der Waals surface area contributed by atoms with E-state index in [2.05, 4.69) is 10.3 Å². The van der Waals surface area contributed by atoms with Crippen LogP contribution < -0.4 is 5.32 Å². The van der Waals surface area contributed by atoms with Crippen LogP contribution in [0.4, 0.5) is 9.52 Å². The number of anilines is 1. The summed E-state index contributed by atoms with van der Waals surface area (Å²) in [5, 5.41) is 3.75. The van der Waals surface area contributed by atoms with Gasteiger partial charge in [-0.15, -0.1) is 0 Å². The molecule has 0 atom stereocenters. The van der Waals surface area contributed by atoms with Crippen molar-refractivity contribution in [2.45, 2.75) is 20.4 Å². The third-order valence-electron chi connectivity index (χ3n) is 3.55. The predicted molar refractivity (Wildman–Crippen MR) is 93.3 cm³/mol. The molecule has 1 aromatic carbocycles. The zero-order valence-corrected chi connectivity index (χ0v) is 14.5. The minimum absolute atomic E-state index is 0.0580. The SMILES string of the molecule is CCOC(=O)c1sc(NC(=O)Cn2ccc3cc(F)ccc32)nc1C. The first-order valence-electron chi connectivity index (χ1n) is 7.66. The maximum atomic E-state index is 13.2. The number of nitrogens with zero attached hydrogens (tertiary/aromatic N) is 2. The lowest BCUT2D eigenvalue weighted by molar-refractivity contribution is -0.116. The summed E-state index contributed by atoms with van der Waals surface area (Å²) in [7, 11) is 0. The van der Waals surface area contributed by atoms with Crippen molar-refractivity contribution in [1.29, 1.82) is 0 Å². The molecule has 0 aliphatic carbocycles. The number of nitrogens with one attached hydrogen (secondary N) is 1. The molecule has 0 aliphatic heterocycles. The highest BCUT2D eigenvalue weighted by atomic mass is 32.1. The Morgan fingerprint density at radius 3 is 2.92 bits per heavy atom. The summed E-state index contributed by atoms with van der Waals surface area (Å²) in [4.78, 5) is 28.6. The summed E-state index contributed by atoms with van der Waals surface area (Å²) >= 11 is 1.08. The van der Waals surface area contributed by atoms with E-state index in [1.807, 2.05) is 0 Å². The molecular formula is C17H16FN3O3S. The number of carbonyl (C=O) groups is 2. The van der Waals surface area contributed by atoms with Crippen LogP contribution in [0.1, 0.15) is 22.3 Å². The zero-order valence-electron chi connectivity index (χ0n) is 13.7. The number of ether oxygens (including phenoxy) is 1. The highest BCUT2D eigenvalue weighted by Crippen LogP contribution is 2.24. The minimum atomic E-state index is -0.448. The first-order chi connectivity index (χ1) is 12.0. The summed E-state index contributed by atoms with van der Waals surface area (Å²) in [5.74, 6) is -1.05. The molecule has 0 spiro atoms. The molecule has 0 saturated carbocycles. The van der Waals surface area contributed by atoms with Crippen LogP contribution in [-0.4, -0.2) is 28.0 Å². The molecule has 0 bridgehead atoms. The van der Waals surface area contributed by atoms with Crippen LogP contribution in [0.5, 0.6) is 0 Å². The van der Waals surface area contributed by atoms with E-state index in [0.717, 1.165) is 22.2 Å². The van der Waals surface area contributed by atoms with Gasteiger partial charge in [0.1, 0.15) is 17.2 Å². The number of carbonyl (C=O) groups excluding carboxylic acids is 2. The van der Waals surface area contributed by atoms with Crippen LogP contribution in [0.15, 0.2) is 30.5 Å². The van der Waals surface area contributed by atoms with Crippen LogP contribution in [0.3, 0.4) is 0 Å². The third-order valence-corrected chi connectivity index (χ3v) is 4.60. The van der Waals surface area contributed by atoms with E-state index in [0.29, 0.717) is 15.7 Å². The van der Waals surface area contributed by atoms with Crippen LogP contribution in [-0.2, 0) is 16.1 Å². The molecule has 130 valence electrons. The molecule has 25 heavy (non-hydrogen) atoms. The molecule has 2 heterocycles. The molecule has 0 radical (unpaired) electrons. The Balaban J connectivity index is 1.72. The highest BCUT2D eigenvalue weighted by molar-refractivity contribution is 7.17. The van der Waals surface area contributed by atoms with Crippen LogP contribution in [0, 0.1) is 12.7 Å². The second kappa shape index (κ2) is 7.02. The summed E-state index contributed by atoms with van der Waals surface area (Å²) in [5.41, 5.74) is 1.28. The van der Waals surface area contributed by atoms with Gasteiger partial charge in [0.15, 0.2) is 5.13 Å². The Bertz CT molecular complexity index is 948. The number of fused-ring (bicyclic) bond motifs is 1. The van der Waals surface area contributed by atoms with Gasteiger partial charge in [0.05, 0.1) is 12.3 Å². The molecule has 2 aromatic heterocycles. The average Bonchev–Trinajstić information content (AvgIpc) is 3.11. The lowest BCUT2D eigenvalue weighted by atomic mass is 10.2. The number of amides is 1. The van der Waals surface area contributed by atoms with Gasteiger partial charge < -0.3 is 14.6 Å². The summed E-state index contributed by atoms with van der Waals surface area (Å²) in [6.07, 6.45) is 1.72. The first-order valence-corrected chi connectivity index (χ1v) is 8.48. The number of halogens is 1. The molecule has 8 heteroatoms. The van der Waals surface area contributed by atoms with Crippen molar-refractivity contribution in [3.63, 3.8) is 0 Å². The molecular weight excluding hydrogens is 345 g/mol. The molecule has 0 fully saturated rings. The van der Waals surface area contributed by atoms with Crippen molar-refractivity contribution >= 4 is 39.2 Å². The summed E-state index contributed by atoms with van der Waals surface area (Å²) in [6, 6.07) is 6.15. The maximum absolute atomic E-state index is 13.2. The topological polar surface area (TPSA) is 73.2 Å². The number of thiazole rings is 1. The Morgan fingerprint density at radius 2 is 2.16 bits per heavy atom. The largest absolute Gasteiger partial charge is 0.462 e. The van der Waals surface area contributed by atoms with Crippen molar-refractivity contribution in [3.05, 3.63) is 46.9 Å². The lowest BCUT2D eigenvalue weighted by Crippen LogP contribution is -2.18. The zero-order chi connectivity index (χ0) is 18.0. The molecule has 1 N–H and O–H groups in total. The fourth-order valence-corrected chi connectivity index (χ4v) is 3.33.